The zero-order valence-electron chi connectivity index (χ0n) is 13.4. The lowest BCUT2D eigenvalue weighted by Gasteiger charge is -2.08. The van der Waals surface area contributed by atoms with E-state index in [2.05, 4.69) is 41.4 Å². The van der Waals surface area contributed by atoms with Crippen molar-refractivity contribution in [3.05, 3.63) is 78.5 Å². The molecule has 2 N–H and O–H groups in total. The van der Waals surface area contributed by atoms with Crippen LogP contribution in [-0.2, 0) is 0 Å². The molecule has 0 bridgehead atoms. The van der Waals surface area contributed by atoms with Crippen molar-refractivity contribution < 1.29 is 0 Å². The van der Waals surface area contributed by atoms with E-state index in [1.54, 1.807) is 0 Å². The molecule has 4 aromatic rings. The van der Waals surface area contributed by atoms with Gasteiger partial charge in [0, 0.05) is 11.3 Å². The van der Waals surface area contributed by atoms with E-state index < -0.39 is 0 Å². The Morgan fingerprint density at radius 2 is 1.33 bits per heavy atom. The lowest BCUT2D eigenvalue weighted by Crippen LogP contribution is -1.95. The van der Waals surface area contributed by atoms with Crippen molar-refractivity contribution in [2.45, 2.75) is 6.92 Å². The second-order valence-electron chi connectivity index (χ2n) is 5.85. The van der Waals surface area contributed by atoms with Crippen LogP contribution in [0, 0.1) is 6.92 Å². The molecule has 0 radical (unpaired) electrons. The van der Waals surface area contributed by atoms with Crippen molar-refractivity contribution in [2.24, 2.45) is 0 Å². The Kier molecular flexibility index (Phi) is 3.47. The van der Waals surface area contributed by atoms with Gasteiger partial charge in [0.05, 0.1) is 22.4 Å². The molecule has 0 aliphatic carbocycles. The minimum atomic E-state index is 0.700. The first kappa shape index (κ1) is 14.4. The Hall–Kier alpha value is -3.20. The van der Waals surface area contributed by atoms with Crippen LogP contribution >= 0.6 is 0 Å². The molecule has 3 nitrogen and oxygen atoms in total. The van der Waals surface area contributed by atoms with Gasteiger partial charge in [-0.1, -0.05) is 54.6 Å². The van der Waals surface area contributed by atoms with Gasteiger partial charge in [-0.05, 0) is 36.2 Å². The number of hydrogen-bond donors (Lipinski definition) is 1. The summed E-state index contributed by atoms with van der Waals surface area (Å²) in [7, 11) is 0. The summed E-state index contributed by atoms with van der Waals surface area (Å²) in [6.45, 7) is 1.99. The van der Waals surface area contributed by atoms with Gasteiger partial charge in [0.15, 0.2) is 0 Å². The van der Waals surface area contributed by atoms with E-state index in [-0.39, 0.29) is 0 Å². The van der Waals surface area contributed by atoms with Crippen LogP contribution in [0.5, 0.6) is 0 Å². The van der Waals surface area contributed by atoms with Gasteiger partial charge in [-0.15, -0.1) is 0 Å². The zero-order chi connectivity index (χ0) is 16.5. The minimum absolute atomic E-state index is 0.700. The number of nitrogens with zero attached hydrogens (tertiary/aromatic N) is 2. The lowest BCUT2D eigenvalue weighted by molar-refractivity contribution is 1.19. The molecule has 0 saturated carbocycles. The molecule has 0 unspecified atom stereocenters. The molecule has 1 heterocycles. The van der Waals surface area contributed by atoms with Crippen LogP contribution in [0.2, 0.25) is 0 Å². The summed E-state index contributed by atoms with van der Waals surface area (Å²) in [5.41, 5.74) is 13.5. The van der Waals surface area contributed by atoms with Crippen molar-refractivity contribution >= 4 is 16.7 Å². The molecule has 1 aromatic heterocycles. The summed E-state index contributed by atoms with van der Waals surface area (Å²) in [6, 6.07) is 24.4. The highest BCUT2D eigenvalue weighted by molar-refractivity contribution is 5.81. The van der Waals surface area contributed by atoms with Crippen molar-refractivity contribution in [1.82, 2.24) is 9.97 Å². The average Bonchev–Trinajstić information content (AvgIpc) is 2.62. The predicted octanol–water partition coefficient (Wildman–Crippen LogP) is 4.85. The second kappa shape index (κ2) is 5.78. The molecule has 116 valence electrons. The Morgan fingerprint density at radius 1 is 0.667 bits per heavy atom. The van der Waals surface area contributed by atoms with E-state index in [1.807, 2.05) is 43.3 Å². The van der Waals surface area contributed by atoms with E-state index in [0.29, 0.717) is 5.69 Å². The van der Waals surface area contributed by atoms with Crippen LogP contribution in [0.4, 0.5) is 5.69 Å². The van der Waals surface area contributed by atoms with Gasteiger partial charge in [-0.2, -0.15) is 0 Å². The van der Waals surface area contributed by atoms with Crippen molar-refractivity contribution in [3.63, 3.8) is 0 Å². The molecule has 4 rings (SSSR count). The molecular weight excluding hydrogens is 294 g/mol. The fourth-order valence-electron chi connectivity index (χ4n) is 2.88. The van der Waals surface area contributed by atoms with E-state index in [1.165, 1.54) is 11.1 Å². The molecule has 0 atom stereocenters. The molecular formula is C21H17N3. The molecule has 0 saturated heterocycles. The topological polar surface area (TPSA) is 51.8 Å². The van der Waals surface area contributed by atoms with Gasteiger partial charge in [-0.3, -0.25) is 0 Å². The van der Waals surface area contributed by atoms with Crippen LogP contribution in [0.15, 0.2) is 72.8 Å². The fraction of sp³-hybridized carbons (Fsp3) is 0.0476. The third-order valence-electron chi connectivity index (χ3n) is 4.13. The number of nitrogens with two attached hydrogens (primary N) is 1. The number of nitrogen functional groups attached to an aromatic ring is 1. The molecule has 0 fully saturated rings. The van der Waals surface area contributed by atoms with Crippen LogP contribution in [0.25, 0.3) is 33.4 Å². The molecule has 0 aliphatic rings. The number of benzene rings is 3. The van der Waals surface area contributed by atoms with Gasteiger partial charge < -0.3 is 5.73 Å². The number of hydrogen-bond acceptors (Lipinski definition) is 3. The van der Waals surface area contributed by atoms with Crippen molar-refractivity contribution in [3.8, 4) is 22.4 Å². The largest absolute Gasteiger partial charge is 0.399 e. The third-order valence-corrected chi connectivity index (χ3v) is 4.13. The molecule has 0 amide bonds. The Labute approximate surface area is 140 Å². The summed E-state index contributed by atoms with van der Waals surface area (Å²) in [5, 5.41) is 0. The van der Waals surface area contributed by atoms with Crippen LogP contribution in [0.1, 0.15) is 5.69 Å². The smallest absolute Gasteiger partial charge is 0.0922 e. The van der Waals surface area contributed by atoms with Crippen LogP contribution in [-0.4, -0.2) is 9.97 Å². The van der Waals surface area contributed by atoms with Crippen LogP contribution < -0.4 is 5.73 Å². The number of fused-ring (bicyclic) bond motifs is 1. The molecule has 3 heteroatoms. The molecule has 24 heavy (non-hydrogen) atoms. The highest BCUT2D eigenvalue weighted by Crippen LogP contribution is 2.27. The second-order valence-corrected chi connectivity index (χ2v) is 5.85. The number of aryl methyl sites for hydroxylation is 1. The normalized spacial score (nSPS) is 10.9. The Morgan fingerprint density at radius 3 is 2.08 bits per heavy atom. The van der Waals surface area contributed by atoms with Gasteiger partial charge in [0.25, 0.3) is 0 Å². The number of rotatable bonds is 2. The third kappa shape index (κ3) is 2.61. The predicted molar refractivity (Wildman–Crippen MR) is 99.6 cm³/mol. The SMILES string of the molecule is Cc1nc2ccc(N)cc2nc1-c1ccc(-c2ccccc2)cc1. The maximum Gasteiger partial charge on any atom is 0.0922 e. The summed E-state index contributed by atoms with van der Waals surface area (Å²) in [5.74, 6) is 0. The summed E-state index contributed by atoms with van der Waals surface area (Å²) in [4.78, 5) is 9.42. The maximum atomic E-state index is 5.87. The highest BCUT2D eigenvalue weighted by atomic mass is 14.8. The molecule has 0 aliphatic heterocycles. The fourth-order valence-corrected chi connectivity index (χ4v) is 2.88. The van der Waals surface area contributed by atoms with Crippen molar-refractivity contribution in [2.75, 3.05) is 5.73 Å². The lowest BCUT2D eigenvalue weighted by atomic mass is 10.0. The summed E-state index contributed by atoms with van der Waals surface area (Å²) >= 11 is 0. The molecule has 3 aromatic carbocycles. The monoisotopic (exact) mass is 311 g/mol. The first-order chi connectivity index (χ1) is 11.7. The number of anilines is 1. The van der Waals surface area contributed by atoms with Crippen molar-refractivity contribution in [1.29, 1.82) is 0 Å². The van der Waals surface area contributed by atoms with Gasteiger partial charge in [0.1, 0.15) is 0 Å². The minimum Gasteiger partial charge on any atom is -0.399 e. The van der Waals surface area contributed by atoms with E-state index in [4.69, 9.17) is 10.7 Å². The first-order valence-electron chi connectivity index (χ1n) is 7.90. The standard InChI is InChI=1S/C21H17N3/c1-14-21(24-20-13-18(22)11-12-19(20)23-14)17-9-7-16(8-10-17)15-5-3-2-4-6-15/h2-13H,22H2,1H3. The van der Waals surface area contributed by atoms with E-state index in [9.17, 15) is 0 Å². The highest BCUT2D eigenvalue weighted by Gasteiger charge is 2.08. The summed E-state index contributed by atoms with van der Waals surface area (Å²) < 4.78 is 0. The van der Waals surface area contributed by atoms with Gasteiger partial charge >= 0.3 is 0 Å². The molecule has 0 spiro atoms. The average molecular weight is 311 g/mol. The van der Waals surface area contributed by atoms with E-state index in [0.717, 1.165) is 28.0 Å². The maximum absolute atomic E-state index is 5.87. The van der Waals surface area contributed by atoms with Crippen LogP contribution in [0.3, 0.4) is 0 Å². The van der Waals surface area contributed by atoms with E-state index >= 15 is 0 Å². The zero-order valence-corrected chi connectivity index (χ0v) is 13.4. The van der Waals surface area contributed by atoms with Gasteiger partial charge in [0.2, 0.25) is 0 Å². The quantitative estimate of drug-likeness (QED) is 0.538. The number of aromatic nitrogens is 2. The van der Waals surface area contributed by atoms with Gasteiger partial charge in [-0.25, -0.2) is 9.97 Å². The Bertz CT molecular complexity index is 1010. The summed E-state index contributed by atoms with van der Waals surface area (Å²) in [6.07, 6.45) is 0. The first-order valence-corrected chi connectivity index (χ1v) is 7.90. The Balaban J connectivity index is 1.78.